The summed E-state index contributed by atoms with van der Waals surface area (Å²) in [6, 6.07) is 14.0. The minimum Gasteiger partial charge on any atom is -0.486 e. The van der Waals surface area contributed by atoms with Crippen molar-refractivity contribution >= 4 is 23.5 Å². The Morgan fingerprint density at radius 2 is 1.88 bits per heavy atom. The van der Waals surface area contributed by atoms with Gasteiger partial charge in [-0.05, 0) is 24.6 Å². The Balaban J connectivity index is 1.51. The number of anilines is 1. The summed E-state index contributed by atoms with van der Waals surface area (Å²) < 4.78 is 11.1. The van der Waals surface area contributed by atoms with Crippen LogP contribution < -0.4 is 14.8 Å². The smallest absolute Gasteiger partial charge is 0.322 e. The Morgan fingerprint density at radius 1 is 1.12 bits per heavy atom. The number of thioether (sulfide) groups is 1. The number of benzene rings is 2. The summed E-state index contributed by atoms with van der Waals surface area (Å²) in [7, 11) is 0. The number of fused-ring (bicyclic) bond motifs is 1. The van der Waals surface area contributed by atoms with Crippen LogP contribution in [0.2, 0.25) is 0 Å². The fourth-order valence-corrected chi connectivity index (χ4v) is 4.32. The van der Waals surface area contributed by atoms with Crippen LogP contribution in [0.5, 0.6) is 11.5 Å². The van der Waals surface area contributed by atoms with E-state index in [4.69, 9.17) is 9.47 Å². The molecule has 2 aliphatic heterocycles. The van der Waals surface area contributed by atoms with Gasteiger partial charge >= 0.3 is 6.03 Å². The number of nitrogens with zero attached hydrogens (tertiary/aromatic N) is 1. The highest BCUT2D eigenvalue weighted by molar-refractivity contribution is 7.99. The Morgan fingerprint density at radius 3 is 2.69 bits per heavy atom. The van der Waals surface area contributed by atoms with Crippen molar-refractivity contribution < 1.29 is 14.3 Å². The SMILES string of the molecule is Cc1ccc([C@@H]2CSCCN2C(=O)Nc2ccc3c(c2)OCCO3)cc1. The lowest BCUT2D eigenvalue weighted by molar-refractivity contribution is 0.171. The minimum atomic E-state index is -0.0763. The molecule has 2 heterocycles. The third kappa shape index (κ3) is 3.60. The molecule has 1 atom stereocenters. The summed E-state index contributed by atoms with van der Waals surface area (Å²) in [5.74, 6) is 3.27. The van der Waals surface area contributed by atoms with Crippen LogP contribution in [0, 0.1) is 6.92 Å². The van der Waals surface area contributed by atoms with Crippen molar-refractivity contribution in [2.45, 2.75) is 13.0 Å². The molecule has 2 amide bonds. The fourth-order valence-electron chi connectivity index (χ4n) is 3.23. The second-order valence-electron chi connectivity index (χ2n) is 6.48. The molecule has 6 heteroatoms. The molecule has 5 nitrogen and oxygen atoms in total. The van der Waals surface area contributed by atoms with E-state index in [1.807, 2.05) is 34.9 Å². The number of rotatable bonds is 2. The van der Waals surface area contributed by atoms with Crippen molar-refractivity contribution in [3.05, 3.63) is 53.6 Å². The van der Waals surface area contributed by atoms with Crippen LogP contribution >= 0.6 is 11.8 Å². The Labute approximate surface area is 157 Å². The molecule has 2 aliphatic rings. The predicted octanol–water partition coefficient (Wildman–Crippen LogP) is 4.09. The number of carbonyl (C=O) groups is 1. The van der Waals surface area contributed by atoms with Gasteiger partial charge < -0.3 is 19.7 Å². The van der Waals surface area contributed by atoms with Gasteiger partial charge in [-0.15, -0.1) is 0 Å². The van der Waals surface area contributed by atoms with Gasteiger partial charge in [0, 0.05) is 29.8 Å². The van der Waals surface area contributed by atoms with Crippen LogP contribution in [0.3, 0.4) is 0 Å². The molecule has 0 unspecified atom stereocenters. The first-order valence-electron chi connectivity index (χ1n) is 8.82. The van der Waals surface area contributed by atoms with Gasteiger partial charge in [-0.3, -0.25) is 0 Å². The molecule has 1 saturated heterocycles. The van der Waals surface area contributed by atoms with Gasteiger partial charge in [-0.25, -0.2) is 4.79 Å². The zero-order valence-electron chi connectivity index (χ0n) is 14.7. The zero-order chi connectivity index (χ0) is 17.9. The Hall–Kier alpha value is -2.34. The van der Waals surface area contributed by atoms with Gasteiger partial charge in [0.2, 0.25) is 0 Å². The standard InChI is InChI=1S/C20H22N2O3S/c1-14-2-4-15(5-3-14)17-13-26-11-8-22(17)20(23)21-16-6-7-18-19(12-16)25-10-9-24-18/h2-7,12,17H,8-11,13H2,1H3,(H,21,23)/t17-/m0/s1. The number of amides is 2. The number of hydrogen-bond acceptors (Lipinski definition) is 4. The zero-order valence-corrected chi connectivity index (χ0v) is 15.6. The Bertz CT molecular complexity index is 794. The summed E-state index contributed by atoms with van der Waals surface area (Å²) in [4.78, 5) is 14.8. The largest absolute Gasteiger partial charge is 0.486 e. The van der Waals surface area contributed by atoms with E-state index in [1.54, 1.807) is 0 Å². The lowest BCUT2D eigenvalue weighted by atomic mass is 10.1. The summed E-state index contributed by atoms with van der Waals surface area (Å²) in [6.45, 7) is 3.90. The van der Waals surface area contributed by atoms with E-state index in [1.165, 1.54) is 11.1 Å². The van der Waals surface area contributed by atoms with Gasteiger partial charge in [-0.1, -0.05) is 29.8 Å². The predicted molar refractivity (Wildman–Crippen MR) is 104 cm³/mol. The lowest BCUT2D eigenvalue weighted by Crippen LogP contribution is -2.43. The molecule has 0 radical (unpaired) electrons. The van der Waals surface area contributed by atoms with Crippen molar-refractivity contribution in [3.8, 4) is 11.5 Å². The third-order valence-electron chi connectivity index (χ3n) is 4.64. The molecule has 0 bridgehead atoms. The summed E-state index contributed by atoms with van der Waals surface area (Å²) in [5.41, 5.74) is 3.13. The van der Waals surface area contributed by atoms with Crippen LogP contribution in [0.15, 0.2) is 42.5 Å². The van der Waals surface area contributed by atoms with Gasteiger partial charge in [0.25, 0.3) is 0 Å². The highest BCUT2D eigenvalue weighted by Crippen LogP contribution is 2.34. The maximum Gasteiger partial charge on any atom is 0.322 e. The molecule has 2 aromatic carbocycles. The van der Waals surface area contributed by atoms with Crippen LogP contribution in [0.25, 0.3) is 0 Å². The first-order valence-corrected chi connectivity index (χ1v) is 9.98. The minimum absolute atomic E-state index is 0.0763. The second-order valence-corrected chi connectivity index (χ2v) is 7.63. The third-order valence-corrected chi connectivity index (χ3v) is 5.67. The maximum atomic E-state index is 12.9. The van der Waals surface area contributed by atoms with Crippen LogP contribution in [0.1, 0.15) is 17.2 Å². The van der Waals surface area contributed by atoms with E-state index in [-0.39, 0.29) is 12.1 Å². The van der Waals surface area contributed by atoms with E-state index < -0.39 is 0 Å². The van der Waals surface area contributed by atoms with Crippen molar-refractivity contribution in [1.82, 2.24) is 4.90 Å². The van der Waals surface area contributed by atoms with E-state index in [9.17, 15) is 4.79 Å². The number of nitrogens with one attached hydrogen (secondary N) is 1. The van der Waals surface area contributed by atoms with E-state index in [2.05, 4.69) is 36.5 Å². The van der Waals surface area contributed by atoms with Crippen molar-refractivity contribution in [3.63, 3.8) is 0 Å². The summed E-state index contributed by atoms with van der Waals surface area (Å²) in [6.07, 6.45) is 0. The monoisotopic (exact) mass is 370 g/mol. The molecular weight excluding hydrogens is 348 g/mol. The topological polar surface area (TPSA) is 50.8 Å². The molecule has 1 fully saturated rings. The first-order chi connectivity index (χ1) is 12.7. The summed E-state index contributed by atoms with van der Waals surface area (Å²) >= 11 is 1.89. The molecule has 2 aromatic rings. The average molecular weight is 370 g/mol. The Kier molecular flexibility index (Phi) is 4.93. The average Bonchev–Trinajstić information content (AvgIpc) is 2.68. The number of urea groups is 1. The molecule has 136 valence electrons. The van der Waals surface area contributed by atoms with Gasteiger partial charge in [0.15, 0.2) is 11.5 Å². The van der Waals surface area contributed by atoms with Crippen molar-refractivity contribution in [1.29, 1.82) is 0 Å². The number of ether oxygens (including phenoxy) is 2. The quantitative estimate of drug-likeness (QED) is 0.865. The van der Waals surface area contributed by atoms with Crippen LogP contribution in [-0.4, -0.2) is 42.2 Å². The van der Waals surface area contributed by atoms with E-state index in [0.29, 0.717) is 19.0 Å². The van der Waals surface area contributed by atoms with Crippen molar-refractivity contribution in [2.75, 3.05) is 36.6 Å². The van der Waals surface area contributed by atoms with Crippen LogP contribution in [-0.2, 0) is 0 Å². The van der Waals surface area contributed by atoms with Crippen LogP contribution in [0.4, 0.5) is 10.5 Å². The maximum absolute atomic E-state index is 12.9. The highest BCUT2D eigenvalue weighted by atomic mass is 32.2. The summed E-state index contributed by atoms with van der Waals surface area (Å²) in [5, 5.41) is 3.02. The molecule has 1 N–H and O–H groups in total. The molecule has 0 aliphatic carbocycles. The molecule has 0 spiro atoms. The van der Waals surface area contributed by atoms with Gasteiger partial charge in [0.1, 0.15) is 13.2 Å². The van der Waals surface area contributed by atoms with Gasteiger partial charge in [-0.2, -0.15) is 11.8 Å². The molecule has 0 saturated carbocycles. The number of carbonyl (C=O) groups excluding carboxylic acids is 1. The second kappa shape index (κ2) is 7.50. The fraction of sp³-hybridized carbons (Fsp3) is 0.350. The normalized spacial score (nSPS) is 19.1. The van der Waals surface area contributed by atoms with Gasteiger partial charge in [0.05, 0.1) is 6.04 Å². The highest BCUT2D eigenvalue weighted by Gasteiger charge is 2.28. The molecule has 26 heavy (non-hydrogen) atoms. The van der Waals surface area contributed by atoms with E-state index >= 15 is 0 Å². The number of hydrogen-bond donors (Lipinski definition) is 1. The molecule has 4 rings (SSSR count). The van der Waals surface area contributed by atoms with Crippen molar-refractivity contribution in [2.24, 2.45) is 0 Å². The number of aryl methyl sites for hydroxylation is 1. The van der Waals surface area contributed by atoms with E-state index in [0.717, 1.165) is 29.5 Å². The lowest BCUT2D eigenvalue weighted by Gasteiger charge is -2.35. The molecule has 0 aromatic heterocycles. The molecular formula is C20H22N2O3S. The first kappa shape index (κ1) is 17.1.